The Morgan fingerprint density at radius 2 is 2.30 bits per heavy atom. The minimum Gasteiger partial charge on any atom is -0.495 e. The lowest BCUT2D eigenvalue weighted by Crippen LogP contribution is -2.38. The third-order valence-electron chi connectivity index (χ3n) is 3.38. The van der Waals surface area contributed by atoms with Crippen LogP contribution < -0.4 is 14.8 Å². The summed E-state index contributed by atoms with van der Waals surface area (Å²) in [5.41, 5.74) is 0. The molecule has 0 radical (unpaired) electrons. The van der Waals surface area contributed by atoms with Gasteiger partial charge in [0.2, 0.25) is 10.0 Å². The lowest BCUT2D eigenvalue weighted by molar-refractivity contribution is 0.374. The summed E-state index contributed by atoms with van der Waals surface area (Å²) in [5, 5.41) is 3.28. The van der Waals surface area contributed by atoms with E-state index in [0.717, 1.165) is 25.9 Å². The van der Waals surface area contributed by atoms with Gasteiger partial charge in [-0.15, -0.1) is 0 Å². The zero-order valence-electron chi connectivity index (χ0n) is 11.4. The molecule has 0 unspecified atom stereocenters. The number of methoxy groups -OCH3 is 1. The molecular formula is C13H19BrN2O3S. The summed E-state index contributed by atoms with van der Waals surface area (Å²) in [5.74, 6) is 0.694. The molecule has 2 rings (SSSR count). The number of hydrogen-bond donors (Lipinski definition) is 2. The van der Waals surface area contributed by atoms with Gasteiger partial charge in [0.1, 0.15) is 10.6 Å². The Bertz CT molecular complexity index is 557. The normalized spacial score (nSPS) is 19.8. The van der Waals surface area contributed by atoms with Crippen LogP contribution in [-0.4, -0.2) is 35.2 Å². The lowest BCUT2D eigenvalue weighted by atomic mass is 10.0. The number of piperidine rings is 1. The second-order valence-corrected chi connectivity index (χ2v) is 7.51. The van der Waals surface area contributed by atoms with Crippen LogP contribution in [-0.2, 0) is 10.0 Å². The van der Waals surface area contributed by atoms with Gasteiger partial charge in [-0.2, -0.15) is 0 Å². The third-order valence-corrected chi connectivity index (χ3v) is 5.31. The van der Waals surface area contributed by atoms with E-state index in [-0.39, 0.29) is 4.90 Å². The summed E-state index contributed by atoms with van der Waals surface area (Å²) in [6, 6.07) is 4.95. The quantitative estimate of drug-likeness (QED) is 0.836. The Morgan fingerprint density at radius 3 is 2.95 bits per heavy atom. The average molecular weight is 363 g/mol. The molecule has 112 valence electrons. The summed E-state index contributed by atoms with van der Waals surface area (Å²) < 4.78 is 33.3. The van der Waals surface area contributed by atoms with Crippen molar-refractivity contribution in [1.29, 1.82) is 0 Å². The van der Waals surface area contributed by atoms with Gasteiger partial charge in [-0.3, -0.25) is 0 Å². The summed E-state index contributed by atoms with van der Waals surface area (Å²) in [4.78, 5) is 0.165. The number of rotatable bonds is 5. The van der Waals surface area contributed by atoms with Crippen molar-refractivity contribution in [3.8, 4) is 5.75 Å². The molecule has 20 heavy (non-hydrogen) atoms. The smallest absolute Gasteiger partial charge is 0.244 e. The fraction of sp³-hybridized carbons (Fsp3) is 0.538. The maximum absolute atomic E-state index is 12.4. The first-order valence-corrected chi connectivity index (χ1v) is 8.84. The first-order chi connectivity index (χ1) is 9.53. The fourth-order valence-electron chi connectivity index (χ4n) is 2.26. The van der Waals surface area contributed by atoms with Crippen molar-refractivity contribution in [3.63, 3.8) is 0 Å². The van der Waals surface area contributed by atoms with Crippen LogP contribution in [0, 0.1) is 5.92 Å². The van der Waals surface area contributed by atoms with Crippen molar-refractivity contribution in [2.24, 2.45) is 5.92 Å². The Morgan fingerprint density at radius 1 is 1.50 bits per heavy atom. The Labute approximate surface area is 128 Å². The molecule has 1 aliphatic heterocycles. The van der Waals surface area contributed by atoms with Gasteiger partial charge in [-0.05, 0) is 50.0 Å². The second-order valence-electron chi connectivity index (χ2n) is 4.86. The molecule has 1 heterocycles. The average Bonchev–Trinajstić information content (AvgIpc) is 2.46. The zero-order valence-corrected chi connectivity index (χ0v) is 13.8. The van der Waals surface area contributed by atoms with Gasteiger partial charge in [0, 0.05) is 11.0 Å². The van der Waals surface area contributed by atoms with E-state index >= 15 is 0 Å². The zero-order chi connectivity index (χ0) is 14.6. The Kier molecular flexibility index (Phi) is 5.42. The van der Waals surface area contributed by atoms with E-state index in [1.807, 2.05) is 0 Å². The van der Waals surface area contributed by atoms with E-state index in [1.54, 1.807) is 18.2 Å². The first-order valence-electron chi connectivity index (χ1n) is 6.57. The van der Waals surface area contributed by atoms with E-state index in [9.17, 15) is 8.42 Å². The van der Waals surface area contributed by atoms with Crippen molar-refractivity contribution in [2.75, 3.05) is 26.7 Å². The predicted octanol–water partition coefficient (Wildman–Crippen LogP) is 1.74. The molecule has 2 N–H and O–H groups in total. The molecule has 1 saturated heterocycles. The predicted molar refractivity (Wildman–Crippen MR) is 81.5 cm³/mol. The van der Waals surface area contributed by atoms with E-state index in [2.05, 4.69) is 26.0 Å². The lowest BCUT2D eigenvalue weighted by Gasteiger charge is -2.23. The monoisotopic (exact) mass is 362 g/mol. The number of ether oxygens (including phenoxy) is 1. The minimum atomic E-state index is -3.56. The highest BCUT2D eigenvalue weighted by Crippen LogP contribution is 2.27. The highest BCUT2D eigenvalue weighted by atomic mass is 79.9. The molecule has 0 spiro atoms. The SMILES string of the molecule is COc1ccc(Br)cc1S(=O)(=O)NC[C@H]1CCCNC1. The molecule has 0 amide bonds. The second kappa shape index (κ2) is 6.89. The highest BCUT2D eigenvalue weighted by molar-refractivity contribution is 9.10. The van der Waals surface area contributed by atoms with Crippen LogP contribution in [0.1, 0.15) is 12.8 Å². The van der Waals surface area contributed by atoms with Gasteiger partial charge < -0.3 is 10.1 Å². The van der Waals surface area contributed by atoms with Gasteiger partial charge >= 0.3 is 0 Å². The standard InChI is InChI=1S/C13H19BrN2O3S/c1-19-12-5-4-11(14)7-13(12)20(17,18)16-9-10-3-2-6-15-8-10/h4-5,7,10,15-16H,2-3,6,8-9H2,1H3/t10-/m0/s1. The van der Waals surface area contributed by atoms with Gasteiger partial charge in [0.05, 0.1) is 7.11 Å². The van der Waals surface area contributed by atoms with Gasteiger partial charge in [0.25, 0.3) is 0 Å². The van der Waals surface area contributed by atoms with Crippen LogP contribution in [0.15, 0.2) is 27.6 Å². The molecule has 0 saturated carbocycles. The summed E-state index contributed by atoms with van der Waals surface area (Å²) >= 11 is 3.29. The van der Waals surface area contributed by atoms with Gasteiger partial charge in [-0.1, -0.05) is 15.9 Å². The van der Waals surface area contributed by atoms with E-state index in [4.69, 9.17) is 4.74 Å². The number of benzene rings is 1. The molecule has 7 heteroatoms. The molecule has 1 fully saturated rings. The fourth-order valence-corrected chi connectivity index (χ4v) is 4.09. The van der Waals surface area contributed by atoms with Crippen molar-refractivity contribution in [3.05, 3.63) is 22.7 Å². The molecule has 0 aliphatic carbocycles. The first kappa shape index (κ1) is 15.8. The third kappa shape index (κ3) is 3.94. The number of halogens is 1. The molecule has 0 aromatic heterocycles. The van der Waals surface area contributed by atoms with Crippen LogP contribution in [0.4, 0.5) is 0 Å². The van der Waals surface area contributed by atoms with Crippen LogP contribution in [0.5, 0.6) is 5.75 Å². The van der Waals surface area contributed by atoms with Crippen molar-refractivity contribution >= 4 is 26.0 Å². The van der Waals surface area contributed by atoms with E-state index in [1.165, 1.54) is 7.11 Å². The van der Waals surface area contributed by atoms with Crippen molar-refractivity contribution < 1.29 is 13.2 Å². The minimum absolute atomic E-state index is 0.165. The molecule has 1 aromatic rings. The number of nitrogens with one attached hydrogen (secondary N) is 2. The number of sulfonamides is 1. The van der Waals surface area contributed by atoms with Crippen LogP contribution in [0.2, 0.25) is 0 Å². The molecular weight excluding hydrogens is 344 g/mol. The largest absolute Gasteiger partial charge is 0.495 e. The van der Waals surface area contributed by atoms with Crippen LogP contribution in [0.3, 0.4) is 0 Å². The highest BCUT2D eigenvalue weighted by Gasteiger charge is 2.22. The molecule has 1 atom stereocenters. The molecule has 0 bridgehead atoms. The van der Waals surface area contributed by atoms with E-state index < -0.39 is 10.0 Å². The van der Waals surface area contributed by atoms with Crippen LogP contribution in [0.25, 0.3) is 0 Å². The van der Waals surface area contributed by atoms with Gasteiger partial charge in [0.15, 0.2) is 0 Å². The maximum atomic E-state index is 12.4. The number of hydrogen-bond acceptors (Lipinski definition) is 4. The molecule has 1 aromatic carbocycles. The molecule has 5 nitrogen and oxygen atoms in total. The summed E-state index contributed by atoms with van der Waals surface area (Å²) in [6.45, 7) is 2.33. The van der Waals surface area contributed by atoms with Gasteiger partial charge in [-0.25, -0.2) is 13.1 Å². The topological polar surface area (TPSA) is 67.4 Å². The molecule has 1 aliphatic rings. The van der Waals surface area contributed by atoms with Crippen LogP contribution >= 0.6 is 15.9 Å². The summed E-state index contributed by atoms with van der Waals surface area (Å²) in [7, 11) is -2.09. The van der Waals surface area contributed by atoms with Crippen molar-refractivity contribution in [2.45, 2.75) is 17.7 Å². The van der Waals surface area contributed by atoms with Crippen molar-refractivity contribution in [1.82, 2.24) is 10.0 Å². The Hall–Kier alpha value is -0.630. The van der Waals surface area contributed by atoms with E-state index in [0.29, 0.717) is 22.7 Å². The summed E-state index contributed by atoms with van der Waals surface area (Å²) in [6.07, 6.45) is 2.14. The maximum Gasteiger partial charge on any atom is 0.244 e. The Balaban J connectivity index is 2.11.